The lowest BCUT2D eigenvalue weighted by Gasteiger charge is -2.34. The topological polar surface area (TPSA) is 82.7 Å². The molecule has 2 heterocycles. The summed E-state index contributed by atoms with van der Waals surface area (Å²) in [4.78, 5) is 26.9. The molecule has 2 aromatic rings. The van der Waals surface area contributed by atoms with E-state index in [-0.39, 0.29) is 30.0 Å². The van der Waals surface area contributed by atoms with Gasteiger partial charge in [0.15, 0.2) is 0 Å². The van der Waals surface area contributed by atoms with Gasteiger partial charge < -0.3 is 25.6 Å². The van der Waals surface area contributed by atoms with Gasteiger partial charge in [-0.25, -0.2) is 9.18 Å². The first-order valence-electron chi connectivity index (χ1n) is 9.65. The van der Waals surface area contributed by atoms with Crippen LogP contribution in [0, 0.1) is 5.82 Å². The molecule has 2 aliphatic rings. The summed E-state index contributed by atoms with van der Waals surface area (Å²) < 4.78 is 19.1. The summed E-state index contributed by atoms with van der Waals surface area (Å²) in [5, 5.41) is 8.52. The predicted octanol–water partition coefficient (Wildman–Crippen LogP) is 2.76. The van der Waals surface area contributed by atoms with Crippen molar-refractivity contribution in [3.05, 3.63) is 59.4 Å². The van der Waals surface area contributed by atoms with Gasteiger partial charge in [0.2, 0.25) is 5.91 Å². The predicted molar refractivity (Wildman–Crippen MR) is 114 cm³/mol. The summed E-state index contributed by atoms with van der Waals surface area (Å²) >= 11 is 0. The highest BCUT2D eigenvalue weighted by Crippen LogP contribution is 2.27. The van der Waals surface area contributed by atoms with Crippen LogP contribution in [-0.2, 0) is 22.5 Å². The number of benzene rings is 2. The quantitative estimate of drug-likeness (QED) is 0.693. The maximum atomic E-state index is 13.7. The van der Waals surface area contributed by atoms with Gasteiger partial charge >= 0.3 is 6.03 Å². The number of carbonyl (C=O) groups excluding carboxylic acids is 2. The number of rotatable bonds is 3. The van der Waals surface area contributed by atoms with Crippen molar-refractivity contribution in [2.24, 2.45) is 0 Å². The first kappa shape index (κ1) is 22.0. The Morgan fingerprint density at radius 1 is 1.10 bits per heavy atom. The van der Waals surface area contributed by atoms with E-state index in [1.807, 2.05) is 23.1 Å². The van der Waals surface area contributed by atoms with E-state index < -0.39 is 11.8 Å². The summed E-state index contributed by atoms with van der Waals surface area (Å²) in [5.74, 6) is -0.460. The highest BCUT2D eigenvalue weighted by molar-refractivity contribution is 6.00. The molecular weight excluding hydrogens is 411 g/mol. The molecule has 1 saturated heterocycles. The Morgan fingerprint density at radius 2 is 1.87 bits per heavy atom. The highest BCUT2D eigenvalue weighted by Gasteiger charge is 2.29. The lowest BCUT2D eigenvalue weighted by Crippen LogP contribution is -2.53. The zero-order valence-electron chi connectivity index (χ0n) is 16.3. The van der Waals surface area contributed by atoms with Gasteiger partial charge in [0, 0.05) is 25.3 Å². The molecule has 3 amide bonds. The van der Waals surface area contributed by atoms with Crippen LogP contribution >= 0.6 is 12.4 Å². The second kappa shape index (κ2) is 9.88. The number of urea groups is 1. The van der Waals surface area contributed by atoms with E-state index in [1.165, 1.54) is 12.1 Å². The number of amides is 3. The Kier molecular flexibility index (Phi) is 7.25. The first-order chi connectivity index (χ1) is 14.1. The Labute approximate surface area is 180 Å². The smallest absolute Gasteiger partial charge is 0.323 e. The second-order valence-electron chi connectivity index (χ2n) is 7.09. The fourth-order valence-electron chi connectivity index (χ4n) is 3.70. The number of halogens is 2. The third-order valence-electron chi connectivity index (χ3n) is 5.17. The molecule has 4 rings (SSSR count). The zero-order chi connectivity index (χ0) is 20.2. The van der Waals surface area contributed by atoms with Crippen molar-refractivity contribution >= 4 is 35.7 Å². The average Bonchev–Trinajstić information content (AvgIpc) is 2.75. The van der Waals surface area contributed by atoms with Gasteiger partial charge in [0.1, 0.15) is 11.9 Å². The number of carbonyl (C=O) groups is 2. The Balaban J connectivity index is 0.00000256. The van der Waals surface area contributed by atoms with E-state index in [4.69, 9.17) is 4.74 Å². The number of ether oxygens (including phenoxy) is 1. The number of fused-ring (bicyclic) bond motifs is 1. The van der Waals surface area contributed by atoms with Crippen LogP contribution in [0.4, 0.5) is 20.6 Å². The monoisotopic (exact) mass is 434 g/mol. The van der Waals surface area contributed by atoms with Crippen LogP contribution in [-0.4, -0.2) is 49.2 Å². The number of anilines is 2. The number of hydrogen-bond donors (Lipinski definition) is 3. The maximum absolute atomic E-state index is 13.7. The highest BCUT2D eigenvalue weighted by atomic mass is 35.5. The molecule has 1 fully saturated rings. The summed E-state index contributed by atoms with van der Waals surface area (Å²) in [6.45, 7) is 2.73. The summed E-state index contributed by atoms with van der Waals surface area (Å²) in [7, 11) is 0. The third kappa shape index (κ3) is 4.89. The largest absolute Gasteiger partial charge is 0.378 e. The van der Waals surface area contributed by atoms with Crippen molar-refractivity contribution in [2.45, 2.75) is 19.0 Å². The van der Waals surface area contributed by atoms with Crippen LogP contribution in [0.25, 0.3) is 0 Å². The molecule has 0 aliphatic carbocycles. The van der Waals surface area contributed by atoms with Gasteiger partial charge in [0.25, 0.3) is 0 Å². The Hall–Kier alpha value is -2.68. The molecule has 0 spiro atoms. The molecule has 1 unspecified atom stereocenters. The number of para-hydroxylation sites is 1. The minimum atomic E-state index is -0.509. The van der Waals surface area contributed by atoms with E-state index in [2.05, 4.69) is 16.0 Å². The van der Waals surface area contributed by atoms with Crippen molar-refractivity contribution in [2.75, 3.05) is 36.9 Å². The van der Waals surface area contributed by atoms with E-state index >= 15 is 0 Å². The second-order valence-corrected chi connectivity index (χ2v) is 7.09. The molecule has 7 nitrogen and oxygen atoms in total. The van der Waals surface area contributed by atoms with E-state index in [0.717, 1.165) is 11.1 Å². The minimum absolute atomic E-state index is 0. The van der Waals surface area contributed by atoms with Crippen molar-refractivity contribution in [1.82, 2.24) is 10.2 Å². The van der Waals surface area contributed by atoms with E-state index in [0.29, 0.717) is 45.0 Å². The van der Waals surface area contributed by atoms with Crippen LogP contribution in [0.3, 0.4) is 0 Å². The molecule has 2 aliphatic heterocycles. The van der Waals surface area contributed by atoms with Gasteiger partial charge in [-0.15, -0.1) is 12.4 Å². The first-order valence-corrected chi connectivity index (χ1v) is 9.65. The maximum Gasteiger partial charge on any atom is 0.323 e. The fraction of sp³-hybridized carbons (Fsp3) is 0.333. The number of nitrogens with one attached hydrogen (secondary N) is 3. The Bertz CT molecular complexity index is 921. The van der Waals surface area contributed by atoms with Crippen molar-refractivity contribution in [3.8, 4) is 0 Å². The Morgan fingerprint density at radius 3 is 2.63 bits per heavy atom. The molecule has 1 atom stereocenters. The molecule has 0 bridgehead atoms. The van der Waals surface area contributed by atoms with Gasteiger partial charge in [-0.3, -0.25) is 4.79 Å². The van der Waals surface area contributed by atoms with Crippen LogP contribution < -0.4 is 16.0 Å². The van der Waals surface area contributed by atoms with E-state index in [1.54, 1.807) is 12.1 Å². The van der Waals surface area contributed by atoms with Crippen molar-refractivity contribution in [3.63, 3.8) is 0 Å². The molecule has 3 N–H and O–H groups in total. The molecule has 0 radical (unpaired) electrons. The van der Waals surface area contributed by atoms with Gasteiger partial charge in [-0.1, -0.05) is 24.3 Å². The molecule has 0 aromatic heterocycles. The standard InChI is InChI=1S/C21H23FN4O3.ClH/c22-16-5-1-2-6-18(16)25-21(28)24-17-7-3-4-14-12-26(10-8-15(14)17)20(27)19-13-29-11-9-23-19;/h1-7,19,23H,8-13H2,(H2,24,25,28);1H. The minimum Gasteiger partial charge on any atom is -0.378 e. The van der Waals surface area contributed by atoms with Crippen LogP contribution in [0.1, 0.15) is 11.1 Å². The van der Waals surface area contributed by atoms with Gasteiger partial charge in [-0.05, 0) is 35.7 Å². The van der Waals surface area contributed by atoms with Crippen molar-refractivity contribution in [1.29, 1.82) is 0 Å². The molecule has 0 saturated carbocycles. The average molecular weight is 435 g/mol. The molecule has 9 heteroatoms. The number of nitrogens with zero attached hydrogens (tertiary/aromatic N) is 1. The van der Waals surface area contributed by atoms with Crippen LogP contribution in [0.5, 0.6) is 0 Å². The molecular formula is C21H24ClFN4O3. The van der Waals surface area contributed by atoms with Gasteiger partial charge in [0.05, 0.1) is 18.9 Å². The van der Waals surface area contributed by atoms with Crippen molar-refractivity contribution < 1.29 is 18.7 Å². The lowest BCUT2D eigenvalue weighted by atomic mass is 9.97. The van der Waals surface area contributed by atoms with Gasteiger partial charge in [-0.2, -0.15) is 0 Å². The summed E-state index contributed by atoms with van der Waals surface area (Å²) in [6.07, 6.45) is 0.630. The fourth-order valence-corrected chi connectivity index (χ4v) is 3.70. The molecule has 2 aromatic carbocycles. The SMILES string of the molecule is Cl.O=C(Nc1ccccc1F)Nc1cccc2c1CCN(C(=O)C1COCCN1)C2. The number of hydrogen-bond acceptors (Lipinski definition) is 4. The molecule has 160 valence electrons. The van der Waals surface area contributed by atoms with Crippen LogP contribution in [0.15, 0.2) is 42.5 Å². The van der Waals surface area contributed by atoms with Crippen LogP contribution in [0.2, 0.25) is 0 Å². The summed E-state index contributed by atoms with van der Waals surface area (Å²) in [6, 6.07) is 10.8. The normalized spacial score (nSPS) is 18.0. The molecule has 30 heavy (non-hydrogen) atoms. The zero-order valence-corrected chi connectivity index (χ0v) is 17.1. The number of morpholine rings is 1. The summed E-state index contributed by atoms with van der Waals surface area (Å²) in [5.41, 5.74) is 2.77. The lowest BCUT2D eigenvalue weighted by molar-refractivity contribution is -0.137. The van der Waals surface area contributed by atoms with E-state index in [9.17, 15) is 14.0 Å². The third-order valence-corrected chi connectivity index (χ3v) is 5.17.